The van der Waals surface area contributed by atoms with Crippen molar-refractivity contribution in [2.24, 2.45) is 7.05 Å². The first-order valence-corrected chi connectivity index (χ1v) is 9.70. The first kappa shape index (κ1) is 17.1. The zero-order valence-corrected chi connectivity index (χ0v) is 16.1. The molecule has 7 heteroatoms. The lowest BCUT2D eigenvalue weighted by Crippen LogP contribution is -2.45. The second-order valence-corrected chi connectivity index (χ2v) is 7.88. The molecule has 2 amide bonds. The number of nitrogens with zero attached hydrogens (tertiary/aromatic N) is 3. The Hall–Kier alpha value is -2.31. The first-order chi connectivity index (χ1) is 12.5. The number of anilines is 1. The summed E-state index contributed by atoms with van der Waals surface area (Å²) in [7, 11) is 1.98. The summed E-state index contributed by atoms with van der Waals surface area (Å²) in [4.78, 5) is 15.8. The number of aromatic nitrogens is 2. The van der Waals surface area contributed by atoms with Crippen LogP contribution in [0.2, 0.25) is 5.02 Å². The molecule has 3 aromatic rings. The third-order valence-corrected chi connectivity index (χ3v) is 5.83. The lowest BCUT2D eigenvalue weighted by molar-refractivity contribution is 0.181. The number of benzene rings is 1. The van der Waals surface area contributed by atoms with Gasteiger partial charge in [0.05, 0.1) is 11.4 Å². The summed E-state index contributed by atoms with van der Waals surface area (Å²) in [5, 5.41) is 10.3. The molecule has 5 nitrogen and oxygen atoms in total. The molecule has 0 aliphatic carbocycles. The van der Waals surface area contributed by atoms with E-state index < -0.39 is 0 Å². The standard InChI is InChI=1S/C19H19ClN4OS/c1-12-9-16-15(18(22-23(16)2)17-7-4-8-26-17)11-24(12)19(25)21-14-6-3-5-13(20)10-14/h3-8,10,12H,9,11H2,1-2H3,(H,21,25)/t12-/m0/s1. The Morgan fingerprint density at radius 1 is 1.35 bits per heavy atom. The summed E-state index contributed by atoms with van der Waals surface area (Å²) in [5.41, 5.74) is 4.01. The minimum absolute atomic E-state index is 0.0910. The summed E-state index contributed by atoms with van der Waals surface area (Å²) in [6, 6.07) is 11.3. The van der Waals surface area contributed by atoms with Gasteiger partial charge in [0, 0.05) is 41.5 Å². The number of aryl methyl sites for hydroxylation is 1. The quantitative estimate of drug-likeness (QED) is 0.689. The fourth-order valence-corrected chi connectivity index (χ4v) is 4.31. The van der Waals surface area contributed by atoms with Crippen LogP contribution in [-0.4, -0.2) is 26.8 Å². The highest BCUT2D eigenvalue weighted by Gasteiger charge is 2.32. The Bertz CT molecular complexity index is 951. The van der Waals surface area contributed by atoms with Gasteiger partial charge >= 0.3 is 6.03 Å². The third-order valence-electron chi connectivity index (χ3n) is 4.72. The van der Waals surface area contributed by atoms with Crippen LogP contribution in [-0.2, 0) is 20.0 Å². The van der Waals surface area contributed by atoms with Crippen molar-refractivity contribution in [3.8, 4) is 10.6 Å². The molecular formula is C19H19ClN4OS. The Labute approximate surface area is 161 Å². The monoisotopic (exact) mass is 386 g/mol. The van der Waals surface area contributed by atoms with Crippen molar-refractivity contribution < 1.29 is 4.79 Å². The number of halogens is 1. The molecule has 0 saturated heterocycles. The molecule has 1 aliphatic rings. The Morgan fingerprint density at radius 3 is 2.92 bits per heavy atom. The summed E-state index contributed by atoms with van der Waals surface area (Å²) in [6.45, 7) is 2.61. The van der Waals surface area contributed by atoms with Crippen LogP contribution in [0.25, 0.3) is 10.6 Å². The van der Waals surface area contributed by atoms with Crippen molar-refractivity contribution >= 4 is 34.7 Å². The number of urea groups is 1. The highest BCUT2D eigenvalue weighted by Crippen LogP contribution is 2.34. The van der Waals surface area contributed by atoms with Crippen LogP contribution in [0.5, 0.6) is 0 Å². The molecule has 4 rings (SSSR count). The first-order valence-electron chi connectivity index (χ1n) is 8.44. The van der Waals surface area contributed by atoms with Crippen LogP contribution in [0.15, 0.2) is 41.8 Å². The molecule has 0 fully saturated rings. The van der Waals surface area contributed by atoms with Gasteiger partial charge in [-0.1, -0.05) is 23.7 Å². The second-order valence-electron chi connectivity index (χ2n) is 6.50. The Kier molecular flexibility index (Phi) is 4.46. The number of nitrogens with one attached hydrogen (secondary N) is 1. The van der Waals surface area contributed by atoms with Crippen molar-refractivity contribution in [3.05, 3.63) is 58.1 Å². The second kappa shape index (κ2) is 6.78. The number of hydrogen-bond donors (Lipinski definition) is 1. The summed E-state index contributed by atoms with van der Waals surface area (Å²) >= 11 is 7.68. The highest BCUT2D eigenvalue weighted by atomic mass is 35.5. The van der Waals surface area contributed by atoms with E-state index in [-0.39, 0.29) is 12.1 Å². The normalized spacial score (nSPS) is 16.4. The average Bonchev–Trinajstić information content (AvgIpc) is 3.23. The number of thiophene rings is 1. The van der Waals surface area contributed by atoms with Crippen molar-refractivity contribution in [1.82, 2.24) is 14.7 Å². The molecule has 2 aromatic heterocycles. The molecular weight excluding hydrogens is 368 g/mol. The van der Waals surface area contributed by atoms with E-state index in [2.05, 4.69) is 18.3 Å². The van der Waals surface area contributed by atoms with Crippen LogP contribution < -0.4 is 5.32 Å². The van der Waals surface area contributed by atoms with Crippen LogP contribution >= 0.6 is 22.9 Å². The van der Waals surface area contributed by atoms with Gasteiger partial charge in [-0.15, -0.1) is 11.3 Å². The average molecular weight is 387 g/mol. The molecule has 1 aromatic carbocycles. The maximum absolute atomic E-state index is 12.9. The maximum Gasteiger partial charge on any atom is 0.322 e. The largest absolute Gasteiger partial charge is 0.322 e. The van der Waals surface area contributed by atoms with Gasteiger partial charge in [-0.2, -0.15) is 5.10 Å². The molecule has 1 aliphatic heterocycles. The van der Waals surface area contributed by atoms with Gasteiger partial charge in [0.25, 0.3) is 0 Å². The van der Waals surface area contributed by atoms with Gasteiger partial charge in [0.1, 0.15) is 5.69 Å². The lowest BCUT2D eigenvalue weighted by atomic mass is 9.99. The zero-order valence-electron chi connectivity index (χ0n) is 14.6. The van der Waals surface area contributed by atoms with Gasteiger partial charge < -0.3 is 10.2 Å². The fraction of sp³-hybridized carbons (Fsp3) is 0.263. The van der Waals surface area contributed by atoms with E-state index in [1.807, 2.05) is 40.2 Å². The molecule has 3 heterocycles. The lowest BCUT2D eigenvalue weighted by Gasteiger charge is -2.34. The van der Waals surface area contributed by atoms with E-state index >= 15 is 0 Å². The van der Waals surface area contributed by atoms with Crippen molar-refractivity contribution in [2.45, 2.75) is 25.9 Å². The van der Waals surface area contributed by atoms with Crippen molar-refractivity contribution in [3.63, 3.8) is 0 Å². The molecule has 0 bridgehead atoms. The van der Waals surface area contributed by atoms with E-state index in [0.717, 1.165) is 22.6 Å². The van der Waals surface area contributed by atoms with Crippen molar-refractivity contribution in [2.75, 3.05) is 5.32 Å². The van der Waals surface area contributed by atoms with E-state index in [1.54, 1.807) is 23.5 Å². The van der Waals surface area contributed by atoms with Crippen LogP contribution in [0.3, 0.4) is 0 Å². The number of fused-ring (bicyclic) bond motifs is 1. The SMILES string of the molecule is C[C@H]1Cc2c(c(-c3cccs3)nn2C)CN1C(=O)Nc1cccc(Cl)c1. The number of amides is 2. The van der Waals surface area contributed by atoms with Gasteiger partial charge in [-0.25, -0.2) is 4.79 Å². The minimum atomic E-state index is -0.119. The molecule has 0 unspecified atom stereocenters. The Balaban J connectivity index is 1.62. The Morgan fingerprint density at radius 2 is 2.19 bits per heavy atom. The molecule has 1 atom stereocenters. The number of carbonyl (C=O) groups is 1. The summed E-state index contributed by atoms with van der Waals surface area (Å²) in [5.74, 6) is 0. The number of rotatable bonds is 2. The predicted molar refractivity (Wildman–Crippen MR) is 106 cm³/mol. The summed E-state index contributed by atoms with van der Waals surface area (Å²) in [6.07, 6.45) is 0.785. The molecule has 0 spiro atoms. The maximum atomic E-state index is 12.9. The van der Waals surface area contributed by atoms with Gasteiger partial charge in [-0.3, -0.25) is 4.68 Å². The van der Waals surface area contributed by atoms with E-state index in [9.17, 15) is 4.79 Å². The predicted octanol–water partition coefficient (Wildman–Crippen LogP) is 4.78. The van der Waals surface area contributed by atoms with Gasteiger partial charge in [-0.05, 0) is 36.6 Å². The van der Waals surface area contributed by atoms with Gasteiger partial charge in [0.15, 0.2) is 0 Å². The van der Waals surface area contributed by atoms with Crippen LogP contribution in [0.4, 0.5) is 10.5 Å². The zero-order chi connectivity index (χ0) is 18.3. The van der Waals surface area contributed by atoms with Crippen LogP contribution in [0.1, 0.15) is 18.2 Å². The van der Waals surface area contributed by atoms with Crippen molar-refractivity contribution in [1.29, 1.82) is 0 Å². The fourth-order valence-electron chi connectivity index (χ4n) is 3.39. The minimum Gasteiger partial charge on any atom is -0.317 e. The molecule has 1 N–H and O–H groups in total. The highest BCUT2D eigenvalue weighted by molar-refractivity contribution is 7.13. The number of carbonyl (C=O) groups excluding carboxylic acids is 1. The number of hydrogen-bond acceptors (Lipinski definition) is 3. The van der Waals surface area contributed by atoms with Crippen LogP contribution in [0, 0.1) is 0 Å². The van der Waals surface area contributed by atoms with E-state index in [1.165, 1.54) is 5.69 Å². The topological polar surface area (TPSA) is 50.2 Å². The van der Waals surface area contributed by atoms with Gasteiger partial charge in [0.2, 0.25) is 0 Å². The molecule has 0 saturated carbocycles. The molecule has 134 valence electrons. The van der Waals surface area contributed by atoms with E-state index in [0.29, 0.717) is 17.3 Å². The smallest absolute Gasteiger partial charge is 0.317 e. The van der Waals surface area contributed by atoms with E-state index in [4.69, 9.17) is 16.7 Å². The molecule has 0 radical (unpaired) electrons. The molecule has 26 heavy (non-hydrogen) atoms. The summed E-state index contributed by atoms with van der Waals surface area (Å²) < 4.78 is 1.95. The third kappa shape index (κ3) is 3.10.